The van der Waals surface area contributed by atoms with Crippen LogP contribution in [0.1, 0.15) is 12.5 Å². The topological polar surface area (TPSA) is 73.9 Å². The van der Waals surface area contributed by atoms with E-state index in [1.807, 2.05) is 55.5 Å². The molecule has 0 saturated carbocycles. The number of aryl methyl sites for hydroxylation is 1. The molecule has 160 valence electrons. The molecule has 3 rings (SSSR count). The molecule has 30 heavy (non-hydrogen) atoms. The van der Waals surface area contributed by atoms with Gasteiger partial charge in [0, 0.05) is 30.2 Å². The van der Waals surface area contributed by atoms with Gasteiger partial charge in [-0.2, -0.15) is 0 Å². The van der Waals surface area contributed by atoms with Crippen LogP contribution >= 0.6 is 0 Å². The van der Waals surface area contributed by atoms with Gasteiger partial charge in [0.2, 0.25) is 11.8 Å². The zero-order valence-corrected chi connectivity index (χ0v) is 17.9. The third-order valence-electron chi connectivity index (χ3n) is 5.36. The summed E-state index contributed by atoms with van der Waals surface area (Å²) in [6.07, 6.45) is 0. The van der Waals surface area contributed by atoms with Crippen LogP contribution in [0.15, 0.2) is 48.5 Å². The number of hydrogen-bond acceptors (Lipinski definition) is 5. The van der Waals surface area contributed by atoms with Crippen LogP contribution in [0.5, 0.6) is 0 Å². The average molecular weight is 411 g/mol. The largest absolute Gasteiger partial charge is 0.378 e. The molecule has 0 spiro atoms. The van der Waals surface area contributed by atoms with Crippen LogP contribution in [0.3, 0.4) is 0 Å². The molecule has 2 aromatic rings. The summed E-state index contributed by atoms with van der Waals surface area (Å²) in [5.41, 5.74) is 3.64. The van der Waals surface area contributed by atoms with E-state index in [9.17, 15) is 9.59 Å². The van der Waals surface area contributed by atoms with Crippen LogP contribution in [-0.2, 0) is 14.3 Å². The minimum absolute atomic E-state index is 0.119. The highest BCUT2D eigenvalue weighted by Gasteiger charge is 2.21. The van der Waals surface area contributed by atoms with Gasteiger partial charge in [0.15, 0.2) is 0 Å². The van der Waals surface area contributed by atoms with E-state index in [1.165, 1.54) is 0 Å². The van der Waals surface area contributed by atoms with Crippen molar-refractivity contribution in [2.75, 3.05) is 55.4 Å². The van der Waals surface area contributed by atoms with Crippen LogP contribution < -0.4 is 15.5 Å². The number of likely N-dealkylation sites (N-methyl/N-ethyl adjacent to an activating group) is 1. The number of ether oxygens (including phenoxy) is 1. The molecule has 0 aliphatic carbocycles. The summed E-state index contributed by atoms with van der Waals surface area (Å²) in [4.78, 5) is 29.0. The van der Waals surface area contributed by atoms with Crippen LogP contribution in [0, 0.1) is 6.92 Å². The number of carbonyl (C=O) groups excluding carboxylic acids is 2. The number of nitrogens with zero attached hydrogens (tertiary/aromatic N) is 2. The van der Waals surface area contributed by atoms with E-state index < -0.39 is 6.04 Å². The Morgan fingerprint density at radius 3 is 2.40 bits per heavy atom. The fourth-order valence-corrected chi connectivity index (χ4v) is 3.29. The van der Waals surface area contributed by atoms with Crippen LogP contribution in [0.25, 0.3) is 0 Å². The smallest absolute Gasteiger partial charge is 0.241 e. The summed E-state index contributed by atoms with van der Waals surface area (Å²) in [7, 11) is 1.77. The highest BCUT2D eigenvalue weighted by Crippen LogP contribution is 2.19. The predicted molar refractivity (Wildman–Crippen MR) is 120 cm³/mol. The van der Waals surface area contributed by atoms with Crippen molar-refractivity contribution >= 4 is 28.9 Å². The first-order valence-corrected chi connectivity index (χ1v) is 10.2. The quantitative estimate of drug-likeness (QED) is 0.734. The minimum Gasteiger partial charge on any atom is -0.378 e. The third kappa shape index (κ3) is 5.81. The van der Waals surface area contributed by atoms with Crippen molar-refractivity contribution in [3.63, 3.8) is 0 Å². The number of carbonyl (C=O) groups is 2. The van der Waals surface area contributed by atoms with Gasteiger partial charge in [-0.3, -0.25) is 14.5 Å². The van der Waals surface area contributed by atoms with E-state index >= 15 is 0 Å². The Balaban J connectivity index is 1.49. The first kappa shape index (κ1) is 21.8. The number of amides is 2. The third-order valence-corrected chi connectivity index (χ3v) is 5.36. The van der Waals surface area contributed by atoms with Gasteiger partial charge < -0.3 is 20.3 Å². The summed E-state index contributed by atoms with van der Waals surface area (Å²) >= 11 is 0. The van der Waals surface area contributed by atoms with Gasteiger partial charge in [0.25, 0.3) is 0 Å². The summed E-state index contributed by atoms with van der Waals surface area (Å²) in [6, 6.07) is 15.0. The summed E-state index contributed by atoms with van der Waals surface area (Å²) in [5.74, 6) is -0.304. The van der Waals surface area contributed by atoms with E-state index in [0.717, 1.165) is 48.9 Å². The van der Waals surface area contributed by atoms with E-state index in [-0.39, 0.29) is 18.4 Å². The standard InChI is InChI=1S/C23H30N4O3/c1-17-6-4-5-7-21(17)25-23(29)18(2)26(3)16-22(28)24-19-8-10-20(11-9-19)27-12-14-30-15-13-27/h4-11,18H,12-16H2,1-3H3,(H,24,28)(H,25,29). The molecule has 0 bridgehead atoms. The highest BCUT2D eigenvalue weighted by molar-refractivity contribution is 5.96. The molecular weight excluding hydrogens is 380 g/mol. The summed E-state index contributed by atoms with van der Waals surface area (Å²) in [6.45, 7) is 7.08. The second-order valence-electron chi connectivity index (χ2n) is 7.59. The van der Waals surface area contributed by atoms with E-state index in [0.29, 0.717) is 0 Å². The normalized spacial score (nSPS) is 15.0. The Kier molecular flexibility index (Phi) is 7.43. The summed E-state index contributed by atoms with van der Waals surface area (Å²) < 4.78 is 5.38. The van der Waals surface area contributed by atoms with Gasteiger partial charge in [0.1, 0.15) is 0 Å². The Hall–Kier alpha value is -2.90. The monoisotopic (exact) mass is 410 g/mol. The molecule has 1 atom stereocenters. The van der Waals surface area contributed by atoms with Crippen LogP contribution in [0.4, 0.5) is 17.1 Å². The molecule has 1 aliphatic rings. The number of anilines is 3. The van der Waals surface area contributed by atoms with Crippen molar-refractivity contribution in [1.29, 1.82) is 0 Å². The molecule has 1 heterocycles. The highest BCUT2D eigenvalue weighted by atomic mass is 16.5. The number of morpholine rings is 1. The second-order valence-corrected chi connectivity index (χ2v) is 7.59. The van der Waals surface area contributed by atoms with Crippen LogP contribution in [0.2, 0.25) is 0 Å². The van der Waals surface area contributed by atoms with Gasteiger partial charge in [-0.1, -0.05) is 18.2 Å². The van der Waals surface area contributed by atoms with Crippen molar-refractivity contribution in [1.82, 2.24) is 4.90 Å². The number of para-hydroxylation sites is 1. The molecule has 0 radical (unpaired) electrons. The van der Waals surface area contributed by atoms with Crippen molar-refractivity contribution in [3.05, 3.63) is 54.1 Å². The van der Waals surface area contributed by atoms with Crippen LogP contribution in [-0.4, -0.2) is 62.7 Å². The van der Waals surface area contributed by atoms with Gasteiger partial charge in [-0.15, -0.1) is 0 Å². The molecule has 2 N–H and O–H groups in total. The number of rotatable bonds is 7. The second kappa shape index (κ2) is 10.2. The summed E-state index contributed by atoms with van der Waals surface area (Å²) in [5, 5.41) is 5.83. The van der Waals surface area contributed by atoms with E-state index in [4.69, 9.17) is 4.74 Å². The first-order valence-electron chi connectivity index (χ1n) is 10.2. The first-order chi connectivity index (χ1) is 14.4. The lowest BCUT2D eigenvalue weighted by molar-refractivity contribution is -0.122. The number of hydrogen-bond donors (Lipinski definition) is 2. The van der Waals surface area contributed by atoms with Crippen molar-refractivity contribution < 1.29 is 14.3 Å². The molecule has 2 amide bonds. The molecule has 1 aliphatic heterocycles. The Morgan fingerprint density at radius 2 is 1.73 bits per heavy atom. The lowest BCUT2D eigenvalue weighted by Gasteiger charge is -2.29. The fourth-order valence-electron chi connectivity index (χ4n) is 3.29. The zero-order chi connectivity index (χ0) is 21.5. The molecule has 1 saturated heterocycles. The number of benzene rings is 2. The van der Waals surface area contributed by atoms with E-state index in [1.54, 1.807) is 18.9 Å². The maximum absolute atomic E-state index is 12.5. The minimum atomic E-state index is -0.445. The van der Waals surface area contributed by atoms with E-state index in [2.05, 4.69) is 15.5 Å². The molecule has 2 aromatic carbocycles. The predicted octanol–water partition coefficient (Wildman–Crippen LogP) is 2.73. The Morgan fingerprint density at radius 1 is 1.07 bits per heavy atom. The maximum atomic E-state index is 12.5. The van der Waals surface area contributed by atoms with Crippen molar-refractivity contribution in [3.8, 4) is 0 Å². The lowest BCUT2D eigenvalue weighted by Crippen LogP contribution is -2.43. The average Bonchev–Trinajstić information content (AvgIpc) is 2.75. The van der Waals surface area contributed by atoms with Gasteiger partial charge in [-0.25, -0.2) is 0 Å². The Bertz CT molecular complexity index is 863. The van der Waals surface area contributed by atoms with Crippen molar-refractivity contribution in [2.45, 2.75) is 19.9 Å². The van der Waals surface area contributed by atoms with Gasteiger partial charge in [-0.05, 0) is 56.8 Å². The van der Waals surface area contributed by atoms with Gasteiger partial charge >= 0.3 is 0 Å². The maximum Gasteiger partial charge on any atom is 0.241 e. The molecular formula is C23H30N4O3. The molecule has 7 heteroatoms. The molecule has 7 nitrogen and oxygen atoms in total. The van der Waals surface area contributed by atoms with Gasteiger partial charge in [0.05, 0.1) is 25.8 Å². The van der Waals surface area contributed by atoms with Crippen molar-refractivity contribution in [2.24, 2.45) is 0 Å². The molecule has 1 fully saturated rings. The molecule has 0 aromatic heterocycles. The molecule has 1 unspecified atom stereocenters. The number of nitrogens with one attached hydrogen (secondary N) is 2. The fraction of sp³-hybridized carbons (Fsp3) is 0.391. The SMILES string of the molecule is Cc1ccccc1NC(=O)C(C)N(C)CC(=O)Nc1ccc(N2CCOCC2)cc1. The zero-order valence-electron chi connectivity index (χ0n) is 17.9. The lowest BCUT2D eigenvalue weighted by atomic mass is 10.2. The Labute approximate surface area is 178 Å².